The highest BCUT2D eigenvalue weighted by atomic mass is 32.2. The van der Waals surface area contributed by atoms with E-state index in [2.05, 4.69) is 9.82 Å². The topological polar surface area (TPSA) is 90.0 Å². The first-order valence-electron chi connectivity index (χ1n) is 5.95. The molecule has 1 aromatic heterocycles. The van der Waals surface area contributed by atoms with Gasteiger partial charge in [0.05, 0.1) is 12.2 Å². The van der Waals surface area contributed by atoms with Gasteiger partial charge >= 0.3 is 0 Å². The van der Waals surface area contributed by atoms with Crippen LogP contribution in [-0.4, -0.2) is 23.7 Å². The first-order valence-corrected chi connectivity index (χ1v) is 7.43. The van der Waals surface area contributed by atoms with Crippen LogP contribution in [0.4, 0.5) is 5.82 Å². The Morgan fingerprint density at radius 3 is 2.50 bits per heavy atom. The number of anilines is 1. The summed E-state index contributed by atoms with van der Waals surface area (Å²) >= 11 is 0. The standard InChI is InChI=1S/C11H22N4O2S/c1-6-8(2)15-10(12)9(7-13-15)18(16,17)14-11(3,4)5/h7-8,14H,6,12H2,1-5H3. The SMILES string of the molecule is CCC(C)n1ncc(S(=O)(=O)NC(C)(C)C)c1N. The molecule has 1 aromatic rings. The van der Waals surface area contributed by atoms with Crippen LogP contribution in [0.5, 0.6) is 0 Å². The Hall–Kier alpha value is -1.08. The van der Waals surface area contributed by atoms with E-state index in [0.717, 1.165) is 6.42 Å². The number of nitrogens with one attached hydrogen (secondary N) is 1. The summed E-state index contributed by atoms with van der Waals surface area (Å²) < 4.78 is 28.4. The van der Waals surface area contributed by atoms with Gasteiger partial charge in [-0.3, -0.25) is 0 Å². The lowest BCUT2D eigenvalue weighted by Crippen LogP contribution is -2.40. The Morgan fingerprint density at radius 2 is 2.06 bits per heavy atom. The quantitative estimate of drug-likeness (QED) is 0.871. The van der Waals surface area contributed by atoms with Gasteiger partial charge in [0.1, 0.15) is 10.7 Å². The molecule has 0 bridgehead atoms. The molecular formula is C11H22N4O2S. The van der Waals surface area contributed by atoms with E-state index < -0.39 is 15.6 Å². The zero-order valence-electron chi connectivity index (χ0n) is 11.6. The molecule has 6 nitrogen and oxygen atoms in total. The molecule has 1 unspecified atom stereocenters. The second-order valence-electron chi connectivity index (χ2n) is 5.45. The summed E-state index contributed by atoms with van der Waals surface area (Å²) in [4.78, 5) is 0.0396. The molecule has 0 saturated heterocycles. The summed E-state index contributed by atoms with van der Waals surface area (Å²) in [7, 11) is -3.63. The van der Waals surface area contributed by atoms with E-state index in [-0.39, 0.29) is 16.8 Å². The minimum atomic E-state index is -3.63. The highest BCUT2D eigenvalue weighted by Gasteiger charge is 2.27. The van der Waals surface area contributed by atoms with E-state index in [9.17, 15) is 8.42 Å². The Balaban J connectivity index is 3.16. The van der Waals surface area contributed by atoms with Gasteiger partial charge in [0.15, 0.2) is 0 Å². The predicted octanol–water partition coefficient (Wildman–Crippen LogP) is 1.51. The first kappa shape index (κ1) is 15.0. The van der Waals surface area contributed by atoms with E-state index in [1.165, 1.54) is 10.9 Å². The van der Waals surface area contributed by atoms with Crippen molar-refractivity contribution in [2.45, 2.75) is 57.5 Å². The fourth-order valence-electron chi connectivity index (χ4n) is 1.55. The van der Waals surface area contributed by atoms with Gasteiger partial charge in [0.25, 0.3) is 0 Å². The van der Waals surface area contributed by atoms with Crippen LogP contribution in [-0.2, 0) is 10.0 Å². The van der Waals surface area contributed by atoms with Crippen LogP contribution in [0.2, 0.25) is 0 Å². The van der Waals surface area contributed by atoms with E-state index in [1.54, 1.807) is 20.8 Å². The second kappa shape index (κ2) is 4.89. The van der Waals surface area contributed by atoms with Crippen molar-refractivity contribution in [2.75, 3.05) is 5.73 Å². The lowest BCUT2D eigenvalue weighted by molar-refractivity contribution is 0.483. The van der Waals surface area contributed by atoms with Crippen molar-refractivity contribution in [1.29, 1.82) is 0 Å². The predicted molar refractivity (Wildman–Crippen MR) is 71.7 cm³/mol. The molecule has 0 aromatic carbocycles. The van der Waals surface area contributed by atoms with Crippen molar-refractivity contribution in [3.05, 3.63) is 6.20 Å². The molecule has 1 heterocycles. The summed E-state index contributed by atoms with van der Waals surface area (Å²) in [6.45, 7) is 9.27. The zero-order chi connectivity index (χ0) is 14.1. The van der Waals surface area contributed by atoms with Crippen molar-refractivity contribution in [3.63, 3.8) is 0 Å². The number of hydrogen-bond acceptors (Lipinski definition) is 4. The third-order valence-corrected chi connectivity index (χ3v) is 4.31. The van der Waals surface area contributed by atoms with Crippen molar-refractivity contribution >= 4 is 15.8 Å². The fraction of sp³-hybridized carbons (Fsp3) is 0.727. The monoisotopic (exact) mass is 274 g/mol. The Labute approximate surface area is 109 Å². The van der Waals surface area contributed by atoms with Crippen LogP contribution in [0.1, 0.15) is 47.1 Å². The molecule has 0 aliphatic heterocycles. The maximum absolute atomic E-state index is 12.1. The Morgan fingerprint density at radius 1 is 1.50 bits per heavy atom. The van der Waals surface area contributed by atoms with Crippen LogP contribution >= 0.6 is 0 Å². The number of nitrogens with zero attached hydrogens (tertiary/aromatic N) is 2. The van der Waals surface area contributed by atoms with Crippen molar-refractivity contribution in [1.82, 2.24) is 14.5 Å². The van der Waals surface area contributed by atoms with Crippen molar-refractivity contribution < 1.29 is 8.42 Å². The molecule has 0 aliphatic carbocycles. The summed E-state index contributed by atoms with van der Waals surface area (Å²) in [5, 5.41) is 4.06. The molecule has 0 spiro atoms. The van der Waals surface area contributed by atoms with Gasteiger partial charge in [-0.2, -0.15) is 5.10 Å². The highest BCUT2D eigenvalue weighted by Crippen LogP contribution is 2.23. The maximum atomic E-state index is 12.1. The summed E-state index contributed by atoms with van der Waals surface area (Å²) in [5.74, 6) is 0.182. The number of hydrogen-bond donors (Lipinski definition) is 2. The number of sulfonamides is 1. The molecule has 0 fully saturated rings. The van der Waals surface area contributed by atoms with Gasteiger partial charge in [-0.05, 0) is 34.1 Å². The van der Waals surface area contributed by atoms with E-state index in [1.807, 2.05) is 13.8 Å². The average molecular weight is 274 g/mol. The van der Waals surface area contributed by atoms with Gasteiger partial charge in [0, 0.05) is 5.54 Å². The molecule has 0 saturated carbocycles. The Kier molecular flexibility index (Phi) is 4.07. The minimum Gasteiger partial charge on any atom is -0.383 e. The molecule has 1 atom stereocenters. The number of nitrogens with two attached hydrogens (primary N) is 1. The minimum absolute atomic E-state index is 0.0396. The molecule has 0 amide bonds. The molecule has 1 rings (SSSR count). The van der Waals surface area contributed by atoms with Crippen molar-refractivity contribution in [3.8, 4) is 0 Å². The summed E-state index contributed by atoms with van der Waals surface area (Å²) in [6.07, 6.45) is 2.13. The fourth-order valence-corrected chi connectivity index (χ4v) is 3.02. The van der Waals surface area contributed by atoms with Crippen LogP contribution in [0.25, 0.3) is 0 Å². The molecule has 0 aliphatic rings. The highest BCUT2D eigenvalue weighted by molar-refractivity contribution is 7.89. The van der Waals surface area contributed by atoms with E-state index in [0.29, 0.717) is 0 Å². The molecule has 0 radical (unpaired) electrons. The zero-order valence-corrected chi connectivity index (χ0v) is 12.4. The molecule has 3 N–H and O–H groups in total. The van der Waals surface area contributed by atoms with Gasteiger partial charge in [-0.15, -0.1) is 0 Å². The van der Waals surface area contributed by atoms with Gasteiger partial charge in [0.2, 0.25) is 10.0 Å². The van der Waals surface area contributed by atoms with Crippen LogP contribution in [0, 0.1) is 0 Å². The molecule has 7 heteroatoms. The third-order valence-electron chi connectivity index (χ3n) is 2.54. The lowest BCUT2D eigenvalue weighted by atomic mass is 10.1. The normalized spacial score (nSPS) is 14.7. The van der Waals surface area contributed by atoms with Crippen LogP contribution in [0.15, 0.2) is 11.1 Å². The van der Waals surface area contributed by atoms with Crippen molar-refractivity contribution in [2.24, 2.45) is 0 Å². The van der Waals surface area contributed by atoms with Crippen LogP contribution in [0.3, 0.4) is 0 Å². The number of nitrogen functional groups attached to an aromatic ring is 1. The molecular weight excluding hydrogens is 252 g/mol. The summed E-state index contributed by atoms with van der Waals surface area (Å²) in [6, 6.07) is 0.0728. The smallest absolute Gasteiger partial charge is 0.246 e. The molecule has 104 valence electrons. The largest absolute Gasteiger partial charge is 0.383 e. The number of aromatic nitrogens is 2. The molecule has 18 heavy (non-hydrogen) atoms. The summed E-state index contributed by atoms with van der Waals surface area (Å²) in [5.41, 5.74) is 5.31. The van der Waals surface area contributed by atoms with Gasteiger partial charge in [-0.1, -0.05) is 6.92 Å². The lowest BCUT2D eigenvalue weighted by Gasteiger charge is -2.20. The third kappa shape index (κ3) is 3.23. The van der Waals surface area contributed by atoms with E-state index in [4.69, 9.17) is 5.73 Å². The van der Waals surface area contributed by atoms with Gasteiger partial charge in [-0.25, -0.2) is 17.8 Å². The number of rotatable bonds is 4. The average Bonchev–Trinajstić information content (AvgIpc) is 2.56. The van der Waals surface area contributed by atoms with Gasteiger partial charge < -0.3 is 5.73 Å². The maximum Gasteiger partial charge on any atom is 0.246 e. The van der Waals surface area contributed by atoms with Crippen LogP contribution < -0.4 is 10.5 Å². The first-order chi connectivity index (χ1) is 8.08. The Bertz CT molecular complexity index is 514. The van der Waals surface area contributed by atoms with E-state index >= 15 is 0 Å². The second-order valence-corrected chi connectivity index (χ2v) is 7.10.